The molecule has 1 N–H and O–H groups in total. The number of carbonyl (C=O) groups is 1. The summed E-state index contributed by atoms with van der Waals surface area (Å²) in [5, 5.41) is 3.03. The molecule has 0 fully saturated rings. The smallest absolute Gasteiger partial charge is 0.238 e. The van der Waals surface area contributed by atoms with Crippen molar-refractivity contribution >= 4 is 17.5 Å². The van der Waals surface area contributed by atoms with Gasteiger partial charge in [-0.15, -0.1) is 0 Å². The lowest BCUT2D eigenvalue weighted by Gasteiger charge is -2.21. The standard InChI is InChI=1S/C25H27N5O2/c1-25(2)18-32-24(29-25)21-11-3-4-12-22(21)28-23(31)17-30(15-19-9-5-7-13-26-19)16-20-10-6-8-14-27-20/h3-14H,15-18H2,1-2H3,(H,28,31). The minimum atomic E-state index is -0.269. The summed E-state index contributed by atoms with van der Waals surface area (Å²) >= 11 is 0. The van der Waals surface area contributed by atoms with Crippen molar-refractivity contribution in [2.45, 2.75) is 32.5 Å². The number of amides is 1. The lowest BCUT2D eigenvalue weighted by Crippen LogP contribution is -2.33. The molecule has 0 atom stereocenters. The molecule has 0 spiro atoms. The number of aliphatic imine (C=N–C) groups is 1. The van der Waals surface area contributed by atoms with Gasteiger partial charge in [-0.05, 0) is 50.2 Å². The zero-order valence-corrected chi connectivity index (χ0v) is 18.4. The molecular weight excluding hydrogens is 402 g/mol. The number of rotatable bonds is 8. The number of para-hydroxylation sites is 1. The first-order valence-corrected chi connectivity index (χ1v) is 10.6. The highest BCUT2D eigenvalue weighted by Crippen LogP contribution is 2.25. The minimum Gasteiger partial charge on any atom is -0.475 e. The fraction of sp³-hybridized carbons (Fsp3) is 0.280. The van der Waals surface area contributed by atoms with Crippen molar-refractivity contribution in [2.24, 2.45) is 4.99 Å². The second-order valence-electron chi connectivity index (χ2n) is 8.40. The highest BCUT2D eigenvalue weighted by molar-refractivity contribution is 6.04. The molecule has 4 rings (SSSR count). The Bertz CT molecular complexity index is 1040. The summed E-state index contributed by atoms with van der Waals surface area (Å²) in [6.07, 6.45) is 3.52. The van der Waals surface area contributed by atoms with E-state index < -0.39 is 0 Å². The van der Waals surface area contributed by atoms with E-state index in [0.29, 0.717) is 31.3 Å². The second kappa shape index (κ2) is 9.70. The average Bonchev–Trinajstić information content (AvgIpc) is 3.15. The number of nitrogens with one attached hydrogen (secondary N) is 1. The summed E-state index contributed by atoms with van der Waals surface area (Å²) in [6.45, 7) is 5.84. The molecule has 0 unspecified atom stereocenters. The van der Waals surface area contributed by atoms with Crippen LogP contribution in [0.5, 0.6) is 0 Å². The molecule has 7 nitrogen and oxygen atoms in total. The number of anilines is 1. The predicted molar refractivity (Wildman–Crippen MR) is 124 cm³/mol. The molecule has 0 aliphatic carbocycles. The largest absolute Gasteiger partial charge is 0.475 e. The zero-order chi connectivity index (χ0) is 22.4. The molecule has 1 aliphatic heterocycles. The van der Waals surface area contributed by atoms with Gasteiger partial charge in [0.25, 0.3) is 0 Å². The van der Waals surface area contributed by atoms with Crippen LogP contribution in [0.25, 0.3) is 0 Å². The van der Waals surface area contributed by atoms with Gasteiger partial charge in [-0.1, -0.05) is 24.3 Å². The lowest BCUT2D eigenvalue weighted by molar-refractivity contribution is -0.117. The monoisotopic (exact) mass is 429 g/mol. The van der Waals surface area contributed by atoms with Crippen LogP contribution in [0.4, 0.5) is 5.69 Å². The van der Waals surface area contributed by atoms with Crippen LogP contribution < -0.4 is 5.32 Å². The molecular formula is C25H27N5O2. The number of benzene rings is 1. The number of ether oxygens (including phenoxy) is 1. The fourth-order valence-corrected chi connectivity index (χ4v) is 3.50. The summed E-state index contributed by atoms with van der Waals surface area (Å²) < 4.78 is 5.79. The Hall–Kier alpha value is -3.58. The third-order valence-corrected chi connectivity index (χ3v) is 4.99. The molecule has 2 aromatic heterocycles. The number of aromatic nitrogens is 2. The normalized spacial score (nSPS) is 14.7. The topological polar surface area (TPSA) is 79.7 Å². The Morgan fingerprint density at radius 1 is 0.969 bits per heavy atom. The molecule has 0 saturated heterocycles. The number of pyridine rings is 2. The van der Waals surface area contributed by atoms with Crippen LogP contribution in [0.3, 0.4) is 0 Å². The molecule has 1 aliphatic rings. The van der Waals surface area contributed by atoms with E-state index in [4.69, 9.17) is 4.74 Å². The van der Waals surface area contributed by atoms with Crippen LogP contribution in [0, 0.1) is 0 Å². The van der Waals surface area contributed by atoms with Crippen LogP contribution in [0.15, 0.2) is 78.0 Å². The highest BCUT2D eigenvalue weighted by atomic mass is 16.5. The van der Waals surface area contributed by atoms with Crippen molar-refractivity contribution in [3.05, 3.63) is 90.0 Å². The summed E-state index contributed by atoms with van der Waals surface area (Å²) in [7, 11) is 0. The van der Waals surface area contributed by atoms with E-state index in [0.717, 1.165) is 17.0 Å². The summed E-state index contributed by atoms with van der Waals surface area (Å²) in [6, 6.07) is 19.1. The van der Waals surface area contributed by atoms with Gasteiger partial charge in [-0.25, -0.2) is 4.99 Å². The SMILES string of the molecule is CC1(C)COC(c2ccccc2NC(=O)CN(Cc2ccccn2)Cc2ccccn2)=N1. The Kier molecular flexibility index (Phi) is 6.56. The molecule has 0 saturated carbocycles. The maximum absolute atomic E-state index is 13.0. The lowest BCUT2D eigenvalue weighted by atomic mass is 10.1. The van der Waals surface area contributed by atoms with Gasteiger partial charge >= 0.3 is 0 Å². The van der Waals surface area contributed by atoms with E-state index in [2.05, 4.69) is 20.3 Å². The van der Waals surface area contributed by atoms with Crippen molar-refractivity contribution in [3.8, 4) is 0 Å². The first-order chi connectivity index (χ1) is 15.5. The van der Waals surface area contributed by atoms with Gasteiger partial charge in [0.1, 0.15) is 6.61 Å². The number of hydrogen-bond donors (Lipinski definition) is 1. The molecule has 32 heavy (non-hydrogen) atoms. The number of carbonyl (C=O) groups excluding carboxylic acids is 1. The average molecular weight is 430 g/mol. The molecule has 0 radical (unpaired) electrons. The first-order valence-electron chi connectivity index (χ1n) is 10.6. The van der Waals surface area contributed by atoms with Crippen LogP contribution in [0.1, 0.15) is 30.8 Å². The molecule has 3 heterocycles. The van der Waals surface area contributed by atoms with Gasteiger partial charge in [0, 0.05) is 25.5 Å². The number of nitrogens with zero attached hydrogens (tertiary/aromatic N) is 4. The molecule has 0 bridgehead atoms. The molecule has 1 aromatic carbocycles. The molecule has 1 amide bonds. The van der Waals surface area contributed by atoms with Gasteiger partial charge in [-0.2, -0.15) is 0 Å². The summed E-state index contributed by atoms with van der Waals surface area (Å²) in [5.74, 6) is 0.437. The quantitative estimate of drug-likeness (QED) is 0.591. The van der Waals surface area contributed by atoms with E-state index in [-0.39, 0.29) is 18.0 Å². The van der Waals surface area contributed by atoms with E-state index in [1.54, 1.807) is 12.4 Å². The Balaban J connectivity index is 1.49. The van der Waals surface area contributed by atoms with Gasteiger partial charge < -0.3 is 10.1 Å². The Morgan fingerprint density at radius 2 is 1.59 bits per heavy atom. The van der Waals surface area contributed by atoms with Crippen LogP contribution in [-0.2, 0) is 22.6 Å². The number of hydrogen-bond acceptors (Lipinski definition) is 6. The van der Waals surface area contributed by atoms with Gasteiger partial charge in [0.15, 0.2) is 0 Å². The predicted octanol–water partition coefficient (Wildman–Crippen LogP) is 3.67. The van der Waals surface area contributed by atoms with Gasteiger partial charge in [0.2, 0.25) is 11.8 Å². The van der Waals surface area contributed by atoms with Crippen molar-refractivity contribution in [3.63, 3.8) is 0 Å². The summed E-state index contributed by atoms with van der Waals surface area (Å²) in [4.78, 5) is 28.5. The minimum absolute atomic E-state index is 0.123. The van der Waals surface area contributed by atoms with E-state index in [9.17, 15) is 4.79 Å². The van der Waals surface area contributed by atoms with Crippen LogP contribution in [0.2, 0.25) is 0 Å². The maximum Gasteiger partial charge on any atom is 0.238 e. The van der Waals surface area contributed by atoms with E-state index in [1.165, 1.54) is 0 Å². The summed E-state index contributed by atoms with van der Waals surface area (Å²) in [5.41, 5.74) is 2.99. The zero-order valence-electron chi connectivity index (χ0n) is 18.4. The first kappa shape index (κ1) is 21.6. The molecule has 7 heteroatoms. The highest BCUT2D eigenvalue weighted by Gasteiger charge is 2.28. The molecule has 3 aromatic rings. The fourth-order valence-electron chi connectivity index (χ4n) is 3.50. The second-order valence-corrected chi connectivity index (χ2v) is 8.40. The van der Waals surface area contributed by atoms with Gasteiger partial charge in [-0.3, -0.25) is 19.7 Å². The van der Waals surface area contributed by atoms with Crippen molar-refractivity contribution in [1.29, 1.82) is 0 Å². The molecule has 164 valence electrons. The third-order valence-electron chi connectivity index (χ3n) is 4.99. The van der Waals surface area contributed by atoms with E-state index in [1.807, 2.05) is 79.4 Å². The van der Waals surface area contributed by atoms with Crippen LogP contribution in [-0.4, -0.2) is 45.4 Å². The maximum atomic E-state index is 13.0. The Labute approximate surface area is 188 Å². The van der Waals surface area contributed by atoms with Crippen LogP contribution >= 0.6 is 0 Å². The van der Waals surface area contributed by atoms with Crippen molar-refractivity contribution in [2.75, 3.05) is 18.5 Å². The Morgan fingerprint density at radius 3 is 2.16 bits per heavy atom. The van der Waals surface area contributed by atoms with E-state index >= 15 is 0 Å². The van der Waals surface area contributed by atoms with Crippen molar-refractivity contribution < 1.29 is 9.53 Å². The van der Waals surface area contributed by atoms with Crippen molar-refractivity contribution in [1.82, 2.24) is 14.9 Å². The van der Waals surface area contributed by atoms with Gasteiger partial charge in [0.05, 0.1) is 34.7 Å². The third kappa shape index (κ3) is 5.76.